The fourth-order valence-electron chi connectivity index (χ4n) is 5.64. The summed E-state index contributed by atoms with van der Waals surface area (Å²) in [5.74, 6) is -0.690. The predicted molar refractivity (Wildman–Crippen MR) is 199 cm³/mol. The standard InChI is InChI=1S/C42H74O4/c1-3-5-7-9-11-12-13-14-15-16-17-18-19-20-21-22-27-31-35-39-42(45)46-40(36-32-28-10-8-6-4-2)37-33-29-25-23-24-26-30-34-38-41(43)44/h11-12,14-15,17-18,20-21,40H,3-10,13,16,19,22-39H2,1-2H3,(H,43,44)/b12-11-,15-14-,18-17-,21-20-. The zero-order valence-electron chi connectivity index (χ0n) is 30.4. The molecule has 46 heavy (non-hydrogen) atoms. The number of aliphatic carboxylic acids is 1. The van der Waals surface area contributed by atoms with Gasteiger partial charge in [0.2, 0.25) is 0 Å². The number of allylic oxidation sites excluding steroid dienone is 8. The Morgan fingerprint density at radius 2 is 0.848 bits per heavy atom. The second-order valence-electron chi connectivity index (χ2n) is 13.1. The minimum Gasteiger partial charge on any atom is -0.481 e. The zero-order valence-corrected chi connectivity index (χ0v) is 30.4. The number of unbranched alkanes of at least 4 members (excludes halogenated alkanes) is 18. The van der Waals surface area contributed by atoms with Crippen molar-refractivity contribution in [3.8, 4) is 0 Å². The van der Waals surface area contributed by atoms with Crippen LogP contribution in [-0.2, 0) is 14.3 Å². The van der Waals surface area contributed by atoms with Gasteiger partial charge >= 0.3 is 11.9 Å². The van der Waals surface area contributed by atoms with Gasteiger partial charge in [0.25, 0.3) is 0 Å². The Morgan fingerprint density at radius 3 is 1.35 bits per heavy atom. The monoisotopic (exact) mass is 643 g/mol. The Balaban J connectivity index is 4.01. The Bertz CT molecular complexity index is 779. The molecule has 1 unspecified atom stereocenters. The van der Waals surface area contributed by atoms with E-state index in [-0.39, 0.29) is 12.1 Å². The molecular formula is C42H74O4. The van der Waals surface area contributed by atoms with Crippen LogP contribution in [-0.4, -0.2) is 23.1 Å². The van der Waals surface area contributed by atoms with Crippen molar-refractivity contribution >= 4 is 11.9 Å². The van der Waals surface area contributed by atoms with E-state index < -0.39 is 5.97 Å². The van der Waals surface area contributed by atoms with Gasteiger partial charge in [-0.2, -0.15) is 0 Å². The topological polar surface area (TPSA) is 63.6 Å². The summed E-state index contributed by atoms with van der Waals surface area (Å²) in [6.07, 6.45) is 49.9. The molecular weight excluding hydrogens is 568 g/mol. The maximum atomic E-state index is 12.6. The quantitative estimate of drug-likeness (QED) is 0.0424. The van der Waals surface area contributed by atoms with Gasteiger partial charge in [0.05, 0.1) is 0 Å². The third-order valence-corrected chi connectivity index (χ3v) is 8.55. The molecule has 0 aromatic carbocycles. The molecule has 1 N–H and O–H groups in total. The van der Waals surface area contributed by atoms with Crippen molar-refractivity contribution in [1.29, 1.82) is 0 Å². The van der Waals surface area contributed by atoms with Crippen LogP contribution in [0.3, 0.4) is 0 Å². The molecule has 266 valence electrons. The zero-order chi connectivity index (χ0) is 33.6. The van der Waals surface area contributed by atoms with Crippen LogP contribution < -0.4 is 0 Å². The number of rotatable bonds is 35. The molecule has 0 amide bonds. The van der Waals surface area contributed by atoms with Crippen LogP contribution in [0.4, 0.5) is 0 Å². The van der Waals surface area contributed by atoms with Gasteiger partial charge < -0.3 is 9.84 Å². The van der Waals surface area contributed by atoms with Gasteiger partial charge in [-0.15, -0.1) is 0 Å². The molecule has 0 bridgehead atoms. The van der Waals surface area contributed by atoms with E-state index in [1.54, 1.807) is 0 Å². The summed E-state index contributed by atoms with van der Waals surface area (Å²) in [5, 5.41) is 8.73. The first-order valence-corrected chi connectivity index (χ1v) is 19.6. The number of hydrogen-bond acceptors (Lipinski definition) is 3. The van der Waals surface area contributed by atoms with Crippen molar-refractivity contribution in [2.75, 3.05) is 0 Å². The molecule has 0 saturated heterocycles. The number of carboxylic acid groups (broad SMARTS) is 1. The van der Waals surface area contributed by atoms with Crippen LogP contribution in [0, 0.1) is 0 Å². The molecule has 0 rings (SSSR count). The van der Waals surface area contributed by atoms with Crippen molar-refractivity contribution < 1.29 is 19.4 Å². The summed E-state index contributed by atoms with van der Waals surface area (Å²) >= 11 is 0. The number of carboxylic acids is 1. The normalized spacial score (nSPS) is 12.7. The molecule has 1 atom stereocenters. The lowest BCUT2D eigenvalue weighted by atomic mass is 10.0. The molecule has 0 aliphatic carbocycles. The Labute approximate surface area is 285 Å². The molecule has 0 heterocycles. The number of ether oxygens (including phenoxy) is 1. The van der Waals surface area contributed by atoms with E-state index in [9.17, 15) is 9.59 Å². The fourth-order valence-corrected chi connectivity index (χ4v) is 5.64. The molecule has 0 aromatic heterocycles. The van der Waals surface area contributed by atoms with Gasteiger partial charge in [0.1, 0.15) is 6.10 Å². The first-order chi connectivity index (χ1) is 22.6. The summed E-state index contributed by atoms with van der Waals surface area (Å²) in [7, 11) is 0. The van der Waals surface area contributed by atoms with Gasteiger partial charge in [-0.05, 0) is 83.5 Å². The van der Waals surface area contributed by atoms with Gasteiger partial charge in [0, 0.05) is 12.8 Å². The molecule has 0 aliphatic heterocycles. The van der Waals surface area contributed by atoms with Gasteiger partial charge in [0.15, 0.2) is 0 Å². The summed E-state index contributed by atoms with van der Waals surface area (Å²) < 4.78 is 5.99. The van der Waals surface area contributed by atoms with Gasteiger partial charge in [-0.25, -0.2) is 0 Å². The lowest BCUT2D eigenvalue weighted by molar-refractivity contribution is -0.150. The molecule has 4 nitrogen and oxygen atoms in total. The number of hydrogen-bond donors (Lipinski definition) is 1. The van der Waals surface area contributed by atoms with E-state index >= 15 is 0 Å². The van der Waals surface area contributed by atoms with Gasteiger partial charge in [-0.3, -0.25) is 9.59 Å². The SMILES string of the molecule is CCCCC/C=C\C/C=C\C/C=C\C/C=C\CCCCCC(=O)OC(CCCCCCCC)CCCCCCCCCCC(=O)O. The molecule has 0 saturated carbocycles. The van der Waals surface area contributed by atoms with Crippen LogP contribution in [0.2, 0.25) is 0 Å². The maximum absolute atomic E-state index is 12.6. The molecule has 0 aliphatic rings. The van der Waals surface area contributed by atoms with Crippen LogP contribution in [0.25, 0.3) is 0 Å². The molecule has 0 spiro atoms. The number of esters is 1. The third-order valence-electron chi connectivity index (χ3n) is 8.55. The van der Waals surface area contributed by atoms with E-state index in [1.165, 1.54) is 83.5 Å². The Hall–Kier alpha value is -2.10. The molecule has 0 aromatic rings. The minimum atomic E-state index is -0.686. The smallest absolute Gasteiger partial charge is 0.306 e. The highest BCUT2D eigenvalue weighted by Gasteiger charge is 2.14. The number of carbonyl (C=O) groups is 2. The Morgan fingerprint density at radius 1 is 0.478 bits per heavy atom. The largest absolute Gasteiger partial charge is 0.481 e. The minimum absolute atomic E-state index is 0.00457. The van der Waals surface area contributed by atoms with E-state index in [2.05, 4.69) is 62.5 Å². The lowest BCUT2D eigenvalue weighted by Gasteiger charge is -2.18. The summed E-state index contributed by atoms with van der Waals surface area (Å²) in [6.45, 7) is 4.50. The summed E-state index contributed by atoms with van der Waals surface area (Å²) in [6, 6.07) is 0. The fraction of sp³-hybridized carbons (Fsp3) is 0.762. The maximum Gasteiger partial charge on any atom is 0.306 e. The second kappa shape index (κ2) is 37.4. The highest BCUT2D eigenvalue weighted by Crippen LogP contribution is 2.18. The average Bonchev–Trinajstić information content (AvgIpc) is 3.04. The van der Waals surface area contributed by atoms with Crippen LogP contribution >= 0.6 is 0 Å². The van der Waals surface area contributed by atoms with Crippen molar-refractivity contribution in [2.24, 2.45) is 0 Å². The van der Waals surface area contributed by atoms with Crippen LogP contribution in [0.15, 0.2) is 48.6 Å². The predicted octanol–water partition coefficient (Wildman–Crippen LogP) is 13.6. The number of carbonyl (C=O) groups excluding carboxylic acids is 1. The second-order valence-corrected chi connectivity index (χ2v) is 13.1. The van der Waals surface area contributed by atoms with Gasteiger partial charge in [-0.1, -0.05) is 152 Å². The highest BCUT2D eigenvalue weighted by molar-refractivity contribution is 5.69. The van der Waals surface area contributed by atoms with Crippen molar-refractivity contribution in [3.63, 3.8) is 0 Å². The summed E-state index contributed by atoms with van der Waals surface area (Å²) in [4.78, 5) is 23.2. The average molecular weight is 643 g/mol. The van der Waals surface area contributed by atoms with E-state index in [1.807, 2.05) is 0 Å². The molecule has 0 radical (unpaired) electrons. The van der Waals surface area contributed by atoms with Crippen molar-refractivity contribution in [2.45, 2.75) is 206 Å². The van der Waals surface area contributed by atoms with E-state index in [0.29, 0.717) is 12.8 Å². The van der Waals surface area contributed by atoms with Crippen LogP contribution in [0.5, 0.6) is 0 Å². The third kappa shape index (κ3) is 36.4. The highest BCUT2D eigenvalue weighted by atomic mass is 16.5. The van der Waals surface area contributed by atoms with E-state index in [4.69, 9.17) is 9.84 Å². The van der Waals surface area contributed by atoms with E-state index in [0.717, 1.165) is 89.9 Å². The van der Waals surface area contributed by atoms with Crippen molar-refractivity contribution in [3.05, 3.63) is 48.6 Å². The molecule has 4 heteroatoms. The Kier molecular flexibility index (Phi) is 35.7. The first kappa shape index (κ1) is 43.9. The van der Waals surface area contributed by atoms with Crippen molar-refractivity contribution in [1.82, 2.24) is 0 Å². The van der Waals surface area contributed by atoms with Crippen LogP contribution in [0.1, 0.15) is 200 Å². The lowest BCUT2D eigenvalue weighted by Crippen LogP contribution is -2.18. The summed E-state index contributed by atoms with van der Waals surface area (Å²) in [5.41, 5.74) is 0. The molecule has 0 fully saturated rings. The first-order valence-electron chi connectivity index (χ1n) is 19.6.